The summed E-state index contributed by atoms with van der Waals surface area (Å²) in [6.07, 6.45) is 4.78. The highest BCUT2D eigenvalue weighted by Crippen LogP contribution is 2.09. The summed E-state index contributed by atoms with van der Waals surface area (Å²) in [5.74, 6) is -0.340. The molecule has 1 fully saturated rings. The molecule has 1 N–H and O–H groups in total. The van der Waals surface area contributed by atoms with Gasteiger partial charge in [-0.25, -0.2) is 4.79 Å². The SMILES string of the molecule is Cn1c(=O)[nH]cc(C(=O)N2CCN(Cc3cccnc3)CC2)c1=O. The van der Waals surface area contributed by atoms with Crippen LogP contribution < -0.4 is 11.2 Å². The van der Waals surface area contributed by atoms with Crippen LogP contribution in [-0.4, -0.2) is 56.4 Å². The van der Waals surface area contributed by atoms with E-state index < -0.39 is 11.2 Å². The van der Waals surface area contributed by atoms with Gasteiger partial charge in [-0.2, -0.15) is 0 Å². The maximum atomic E-state index is 12.5. The third kappa shape index (κ3) is 3.28. The van der Waals surface area contributed by atoms with Crippen molar-refractivity contribution in [2.45, 2.75) is 6.54 Å². The molecule has 0 aromatic carbocycles. The van der Waals surface area contributed by atoms with Crippen molar-refractivity contribution in [3.63, 3.8) is 0 Å². The van der Waals surface area contributed by atoms with E-state index in [0.717, 1.165) is 29.8 Å². The lowest BCUT2D eigenvalue weighted by atomic mass is 10.2. The molecule has 1 amide bonds. The van der Waals surface area contributed by atoms with Crippen molar-refractivity contribution in [3.05, 3.63) is 62.7 Å². The van der Waals surface area contributed by atoms with Gasteiger partial charge in [0.15, 0.2) is 0 Å². The summed E-state index contributed by atoms with van der Waals surface area (Å²) in [6.45, 7) is 3.33. The van der Waals surface area contributed by atoms with E-state index in [1.807, 2.05) is 18.3 Å². The van der Waals surface area contributed by atoms with Gasteiger partial charge in [0, 0.05) is 58.4 Å². The topological polar surface area (TPSA) is 91.3 Å². The Hall–Kier alpha value is -2.74. The largest absolute Gasteiger partial charge is 0.336 e. The van der Waals surface area contributed by atoms with Gasteiger partial charge in [-0.15, -0.1) is 0 Å². The summed E-state index contributed by atoms with van der Waals surface area (Å²) < 4.78 is 0.909. The molecule has 0 bridgehead atoms. The van der Waals surface area contributed by atoms with Crippen molar-refractivity contribution in [2.75, 3.05) is 26.2 Å². The number of rotatable bonds is 3. The van der Waals surface area contributed by atoms with Crippen molar-refractivity contribution in [1.29, 1.82) is 0 Å². The highest BCUT2D eigenvalue weighted by atomic mass is 16.2. The van der Waals surface area contributed by atoms with Gasteiger partial charge in [0.05, 0.1) is 0 Å². The predicted octanol–water partition coefficient (Wildman–Crippen LogP) is -0.573. The number of nitrogens with zero attached hydrogens (tertiary/aromatic N) is 4. The minimum atomic E-state index is -0.568. The average Bonchev–Trinajstić information content (AvgIpc) is 2.61. The Morgan fingerprint density at radius 3 is 2.67 bits per heavy atom. The molecule has 0 atom stereocenters. The van der Waals surface area contributed by atoms with Gasteiger partial charge in [0.1, 0.15) is 5.56 Å². The Labute approximate surface area is 138 Å². The number of amides is 1. The molecule has 3 rings (SSSR count). The van der Waals surface area contributed by atoms with Crippen LogP contribution in [-0.2, 0) is 13.6 Å². The molecule has 0 aliphatic carbocycles. The second-order valence-electron chi connectivity index (χ2n) is 5.80. The molecule has 3 heterocycles. The van der Waals surface area contributed by atoms with E-state index >= 15 is 0 Å². The number of piperazine rings is 1. The van der Waals surface area contributed by atoms with Crippen LogP contribution in [0, 0.1) is 0 Å². The number of carbonyl (C=O) groups is 1. The molecule has 1 saturated heterocycles. The molecule has 2 aromatic heterocycles. The highest BCUT2D eigenvalue weighted by Gasteiger charge is 2.24. The summed E-state index contributed by atoms with van der Waals surface area (Å²) in [5, 5.41) is 0. The number of hydrogen-bond donors (Lipinski definition) is 1. The first-order chi connectivity index (χ1) is 11.6. The number of nitrogens with one attached hydrogen (secondary N) is 1. The van der Waals surface area contributed by atoms with E-state index in [1.54, 1.807) is 11.1 Å². The summed E-state index contributed by atoms with van der Waals surface area (Å²) >= 11 is 0. The minimum Gasteiger partial charge on any atom is -0.336 e. The first-order valence-corrected chi connectivity index (χ1v) is 7.75. The molecule has 2 aromatic rings. The van der Waals surface area contributed by atoms with Crippen LogP contribution in [0.1, 0.15) is 15.9 Å². The molecule has 1 aliphatic heterocycles. The maximum Gasteiger partial charge on any atom is 0.328 e. The number of carbonyl (C=O) groups excluding carboxylic acids is 1. The van der Waals surface area contributed by atoms with Crippen LogP contribution in [0.3, 0.4) is 0 Å². The first-order valence-electron chi connectivity index (χ1n) is 7.75. The molecular weight excluding hydrogens is 310 g/mol. The minimum absolute atomic E-state index is 0.00203. The number of H-pyrrole nitrogens is 1. The first kappa shape index (κ1) is 16.1. The number of aromatic nitrogens is 3. The Morgan fingerprint density at radius 2 is 2.00 bits per heavy atom. The molecule has 0 saturated carbocycles. The lowest BCUT2D eigenvalue weighted by Crippen LogP contribution is -2.50. The highest BCUT2D eigenvalue weighted by molar-refractivity contribution is 5.93. The van der Waals surface area contributed by atoms with E-state index in [2.05, 4.69) is 14.9 Å². The second-order valence-corrected chi connectivity index (χ2v) is 5.80. The number of pyridine rings is 1. The third-order valence-corrected chi connectivity index (χ3v) is 4.20. The summed E-state index contributed by atoms with van der Waals surface area (Å²) in [5.41, 5.74) is 0.0315. The fourth-order valence-electron chi connectivity index (χ4n) is 2.75. The van der Waals surface area contributed by atoms with Crippen molar-refractivity contribution in [3.8, 4) is 0 Å². The lowest BCUT2D eigenvalue weighted by Gasteiger charge is -2.34. The molecule has 24 heavy (non-hydrogen) atoms. The van der Waals surface area contributed by atoms with Gasteiger partial charge in [-0.3, -0.25) is 24.0 Å². The average molecular weight is 329 g/mol. The zero-order valence-corrected chi connectivity index (χ0v) is 13.4. The summed E-state index contributed by atoms with van der Waals surface area (Å²) in [4.78, 5) is 46.3. The molecule has 8 heteroatoms. The summed E-state index contributed by atoms with van der Waals surface area (Å²) in [7, 11) is 1.35. The Morgan fingerprint density at radius 1 is 1.25 bits per heavy atom. The fraction of sp³-hybridized carbons (Fsp3) is 0.375. The zero-order chi connectivity index (χ0) is 17.1. The molecule has 8 nitrogen and oxygen atoms in total. The third-order valence-electron chi connectivity index (χ3n) is 4.20. The van der Waals surface area contributed by atoms with Crippen LogP contribution >= 0.6 is 0 Å². The monoisotopic (exact) mass is 329 g/mol. The van der Waals surface area contributed by atoms with E-state index in [1.165, 1.54) is 13.2 Å². The second kappa shape index (κ2) is 6.79. The van der Waals surface area contributed by atoms with Gasteiger partial charge >= 0.3 is 5.69 Å². The quantitative estimate of drug-likeness (QED) is 0.814. The van der Waals surface area contributed by atoms with Gasteiger partial charge < -0.3 is 9.88 Å². The predicted molar refractivity (Wildman–Crippen MR) is 87.7 cm³/mol. The zero-order valence-electron chi connectivity index (χ0n) is 13.4. The van der Waals surface area contributed by atoms with Gasteiger partial charge in [0.25, 0.3) is 11.5 Å². The standard InChI is InChI=1S/C16H19N5O3/c1-19-14(22)13(10-18-16(19)24)15(23)21-7-5-20(6-8-21)11-12-3-2-4-17-9-12/h2-4,9-10H,5-8,11H2,1H3,(H,18,24). The van der Waals surface area contributed by atoms with Crippen LogP contribution in [0.2, 0.25) is 0 Å². The fourth-order valence-corrected chi connectivity index (χ4v) is 2.75. The Balaban J connectivity index is 1.64. The number of hydrogen-bond acceptors (Lipinski definition) is 5. The van der Waals surface area contributed by atoms with Gasteiger partial charge in [-0.05, 0) is 11.6 Å². The molecular formula is C16H19N5O3. The van der Waals surface area contributed by atoms with Crippen LogP contribution in [0.4, 0.5) is 0 Å². The van der Waals surface area contributed by atoms with Crippen molar-refractivity contribution >= 4 is 5.91 Å². The van der Waals surface area contributed by atoms with E-state index in [4.69, 9.17) is 0 Å². The number of aromatic amines is 1. The van der Waals surface area contributed by atoms with Crippen molar-refractivity contribution in [1.82, 2.24) is 24.3 Å². The molecule has 1 aliphatic rings. The van der Waals surface area contributed by atoms with Crippen LogP contribution in [0.15, 0.2) is 40.3 Å². The normalized spacial score (nSPS) is 15.5. The maximum absolute atomic E-state index is 12.5. The van der Waals surface area contributed by atoms with E-state index in [0.29, 0.717) is 13.1 Å². The Kier molecular flexibility index (Phi) is 4.57. The lowest BCUT2D eigenvalue weighted by molar-refractivity contribution is 0.0625. The van der Waals surface area contributed by atoms with Gasteiger partial charge in [0.2, 0.25) is 0 Å². The molecule has 0 unspecified atom stereocenters. The van der Waals surface area contributed by atoms with E-state index in [-0.39, 0.29) is 11.5 Å². The Bertz CT molecular complexity index is 835. The smallest absolute Gasteiger partial charge is 0.328 e. The van der Waals surface area contributed by atoms with Crippen molar-refractivity contribution in [2.24, 2.45) is 7.05 Å². The molecule has 126 valence electrons. The van der Waals surface area contributed by atoms with Crippen molar-refractivity contribution < 1.29 is 4.79 Å². The molecule has 0 spiro atoms. The van der Waals surface area contributed by atoms with Crippen LogP contribution in [0.25, 0.3) is 0 Å². The van der Waals surface area contributed by atoms with E-state index in [9.17, 15) is 14.4 Å². The molecule has 0 radical (unpaired) electrons. The van der Waals surface area contributed by atoms with Gasteiger partial charge in [-0.1, -0.05) is 6.07 Å². The van der Waals surface area contributed by atoms with Crippen LogP contribution in [0.5, 0.6) is 0 Å². The summed E-state index contributed by atoms with van der Waals surface area (Å²) in [6, 6.07) is 3.93.